The summed E-state index contributed by atoms with van der Waals surface area (Å²) in [6.45, 7) is 4.40. The highest BCUT2D eigenvalue weighted by molar-refractivity contribution is 5.81. The maximum absolute atomic E-state index is 10.8. The SMILES string of the molecule is CC(=O)C1CNCCCN1. The summed E-state index contributed by atoms with van der Waals surface area (Å²) in [6.07, 6.45) is 1.11. The number of carbonyl (C=O) groups is 1. The van der Waals surface area contributed by atoms with Gasteiger partial charge in [-0.25, -0.2) is 0 Å². The minimum Gasteiger partial charge on any atom is -0.315 e. The molecule has 0 bridgehead atoms. The molecule has 58 valence electrons. The monoisotopic (exact) mass is 142 g/mol. The first-order valence-electron chi connectivity index (χ1n) is 3.75. The van der Waals surface area contributed by atoms with Crippen molar-refractivity contribution in [2.24, 2.45) is 0 Å². The average Bonchev–Trinajstić information content (AvgIpc) is 2.12. The van der Waals surface area contributed by atoms with Crippen molar-refractivity contribution < 1.29 is 4.79 Å². The molecule has 1 saturated heterocycles. The molecule has 1 rings (SSSR count). The van der Waals surface area contributed by atoms with Crippen LogP contribution in [0, 0.1) is 0 Å². The minimum absolute atomic E-state index is 0.0440. The van der Waals surface area contributed by atoms with E-state index in [2.05, 4.69) is 10.6 Å². The van der Waals surface area contributed by atoms with E-state index in [0.29, 0.717) is 0 Å². The summed E-state index contributed by atoms with van der Waals surface area (Å²) in [5.41, 5.74) is 0. The Labute approximate surface area is 61.2 Å². The van der Waals surface area contributed by atoms with E-state index in [1.165, 1.54) is 0 Å². The van der Waals surface area contributed by atoms with Crippen molar-refractivity contribution in [1.29, 1.82) is 0 Å². The molecule has 0 saturated carbocycles. The minimum atomic E-state index is 0.0440. The Morgan fingerprint density at radius 1 is 1.50 bits per heavy atom. The van der Waals surface area contributed by atoms with Crippen LogP contribution >= 0.6 is 0 Å². The van der Waals surface area contributed by atoms with Crippen LogP contribution in [-0.2, 0) is 4.79 Å². The second kappa shape index (κ2) is 3.68. The molecule has 2 N–H and O–H groups in total. The van der Waals surface area contributed by atoms with Crippen molar-refractivity contribution in [3.8, 4) is 0 Å². The molecule has 0 aromatic rings. The van der Waals surface area contributed by atoms with Crippen molar-refractivity contribution in [2.75, 3.05) is 19.6 Å². The second-order valence-electron chi connectivity index (χ2n) is 2.68. The molecule has 0 aliphatic carbocycles. The van der Waals surface area contributed by atoms with Gasteiger partial charge in [-0.3, -0.25) is 4.79 Å². The summed E-state index contributed by atoms with van der Waals surface area (Å²) >= 11 is 0. The van der Waals surface area contributed by atoms with E-state index < -0.39 is 0 Å². The molecular weight excluding hydrogens is 128 g/mol. The van der Waals surface area contributed by atoms with Gasteiger partial charge >= 0.3 is 0 Å². The van der Waals surface area contributed by atoms with Crippen LogP contribution in [-0.4, -0.2) is 31.5 Å². The number of hydrogen-bond donors (Lipinski definition) is 2. The molecule has 3 heteroatoms. The van der Waals surface area contributed by atoms with Crippen molar-refractivity contribution in [3.63, 3.8) is 0 Å². The molecule has 1 heterocycles. The molecule has 0 radical (unpaired) electrons. The molecule has 0 aromatic carbocycles. The molecule has 0 aromatic heterocycles. The van der Waals surface area contributed by atoms with E-state index in [4.69, 9.17) is 0 Å². The number of nitrogens with one attached hydrogen (secondary N) is 2. The van der Waals surface area contributed by atoms with E-state index in [0.717, 1.165) is 26.1 Å². The Hall–Kier alpha value is -0.410. The quantitative estimate of drug-likeness (QED) is 0.520. The third-order valence-electron chi connectivity index (χ3n) is 1.76. The molecule has 1 aliphatic heterocycles. The van der Waals surface area contributed by atoms with Gasteiger partial charge in [-0.2, -0.15) is 0 Å². The van der Waals surface area contributed by atoms with Gasteiger partial charge in [0.05, 0.1) is 6.04 Å². The normalized spacial score (nSPS) is 27.5. The molecule has 1 aliphatic rings. The standard InChI is InChI=1S/C7H14N2O/c1-6(10)7-5-8-3-2-4-9-7/h7-9H,2-5H2,1H3. The van der Waals surface area contributed by atoms with Crippen molar-refractivity contribution in [1.82, 2.24) is 10.6 Å². The fourth-order valence-corrected chi connectivity index (χ4v) is 1.10. The Balaban J connectivity index is 2.35. The van der Waals surface area contributed by atoms with Crippen LogP contribution in [0.2, 0.25) is 0 Å². The lowest BCUT2D eigenvalue weighted by atomic mass is 10.2. The number of Topliss-reactive ketones (excluding diaryl/α,β-unsaturated/α-hetero) is 1. The van der Waals surface area contributed by atoms with Gasteiger partial charge in [-0.05, 0) is 26.4 Å². The summed E-state index contributed by atoms with van der Waals surface area (Å²) in [5.74, 6) is 0.231. The van der Waals surface area contributed by atoms with E-state index in [1.54, 1.807) is 6.92 Å². The lowest BCUT2D eigenvalue weighted by Crippen LogP contribution is -2.40. The van der Waals surface area contributed by atoms with Crippen LogP contribution in [0.1, 0.15) is 13.3 Å². The van der Waals surface area contributed by atoms with Gasteiger partial charge in [0, 0.05) is 6.54 Å². The third kappa shape index (κ3) is 2.08. The third-order valence-corrected chi connectivity index (χ3v) is 1.76. The van der Waals surface area contributed by atoms with Crippen LogP contribution in [0.15, 0.2) is 0 Å². The number of hydrogen-bond acceptors (Lipinski definition) is 3. The van der Waals surface area contributed by atoms with E-state index in [9.17, 15) is 4.79 Å². The predicted molar refractivity (Wildman–Crippen MR) is 40.0 cm³/mol. The van der Waals surface area contributed by atoms with Gasteiger partial charge in [0.1, 0.15) is 5.78 Å². The predicted octanol–water partition coefficient (Wildman–Crippen LogP) is -0.473. The molecule has 3 nitrogen and oxygen atoms in total. The summed E-state index contributed by atoms with van der Waals surface area (Å²) in [6, 6.07) is 0.0440. The second-order valence-corrected chi connectivity index (χ2v) is 2.68. The zero-order chi connectivity index (χ0) is 7.40. The zero-order valence-electron chi connectivity index (χ0n) is 6.31. The van der Waals surface area contributed by atoms with E-state index in [-0.39, 0.29) is 11.8 Å². The summed E-state index contributed by atoms with van der Waals surface area (Å²) < 4.78 is 0. The summed E-state index contributed by atoms with van der Waals surface area (Å²) in [4.78, 5) is 10.8. The van der Waals surface area contributed by atoms with Gasteiger partial charge < -0.3 is 10.6 Å². The smallest absolute Gasteiger partial charge is 0.147 e. The zero-order valence-corrected chi connectivity index (χ0v) is 6.31. The summed E-state index contributed by atoms with van der Waals surface area (Å²) in [7, 11) is 0. The number of carbonyl (C=O) groups excluding carboxylic acids is 1. The fourth-order valence-electron chi connectivity index (χ4n) is 1.10. The Morgan fingerprint density at radius 3 is 3.00 bits per heavy atom. The van der Waals surface area contributed by atoms with Gasteiger partial charge in [-0.15, -0.1) is 0 Å². The van der Waals surface area contributed by atoms with E-state index >= 15 is 0 Å². The number of rotatable bonds is 1. The Bertz CT molecular complexity index is 117. The largest absolute Gasteiger partial charge is 0.315 e. The maximum atomic E-state index is 10.8. The van der Waals surface area contributed by atoms with E-state index in [1.807, 2.05) is 0 Å². The van der Waals surface area contributed by atoms with Gasteiger partial charge in [0.15, 0.2) is 0 Å². The highest BCUT2D eigenvalue weighted by Gasteiger charge is 2.13. The highest BCUT2D eigenvalue weighted by Crippen LogP contribution is 1.89. The van der Waals surface area contributed by atoms with Gasteiger partial charge in [0.2, 0.25) is 0 Å². The van der Waals surface area contributed by atoms with Crippen LogP contribution in [0.5, 0.6) is 0 Å². The molecule has 10 heavy (non-hydrogen) atoms. The summed E-state index contributed by atoms with van der Waals surface area (Å²) in [5, 5.41) is 6.36. The van der Waals surface area contributed by atoms with Crippen molar-refractivity contribution in [2.45, 2.75) is 19.4 Å². The van der Waals surface area contributed by atoms with Crippen molar-refractivity contribution >= 4 is 5.78 Å². The van der Waals surface area contributed by atoms with Crippen LogP contribution in [0.4, 0.5) is 0 Å². The lowest BCUT2D eigenvalue weighted by molar-refractivity contribution is -0.118. The maximum Gasteiger partial charge on any atom is 0.147 e. The number of ketones is 1. The molecule has 1 unspecified atom stereocenters. The molecular formula is C7H14N2O. The van der Waals surface area contributed by atoms with Gasteiger partial charge in [-0.1, -0.05) is 0 Å². The fraction of sp³-hybridized carbons (Fsp3) is 0.857. The molecule has 1 atom stereocenters. The van der Waals surface area contributed by atoms with Crippen LogP contribution in [0.25, 0.3) is 0 Å². The first-order chi connectivity index (χ1) is 4.80. The molecule has 0 spiro atoms. The van der Waals surface area contributed by atoms with Crippen LogP contribution < -0.4 is 10.6 Å². The highest BCUT2D eigenvalue weighted by atomic mass is 16.1. The Morgan fingerprint density at radius 2 is 2.30 bits per heavy atom. The van der Waals surface area contributed by atoms with Crippen molar-refractivity contribution in [3.05, 3.63) is 0 Å². The first-order valence-corrected chi connectivity index (χ1v) is 3.75. The average molecular weight is 142 g/mol. The Kier molecular flexibility index (Phi) is 2.83. The van der Waals surface area contributed by atoms with Gasteiger partial charge in [0.25, 0.3) is 0 Å². The topological polar surface area (TPSA) is 41.1 Å². The lowest BCUT2D eigenvalue weighted by Gasteiger charge is -2.10. The molecule has 0 amide bonds. The molecule has 1 fully saturated rings. The van der Waals surface area contributed by atoms with Crippen LogP contribution in [0.3, 0.4) is 0 Å². The first kappa shape index (κ1) is 7.69.